The Bertz CT molecular complexity index is 3180. The Morgan fingerprint density at radius 2 is 1.67 bits per heavy atom. The molecule has 0 bridgehead atoms. The normalized spacial score (nSPS) is 20.7. The number of nitro benzene ring substituents is 1. The van der Waals surface area contributed by atoms with E-state index in [0.29, 0.717) is 82.9 Å². The monoisotopic (exact) mass is 1020 g/mol. The van der Waals surface area contributed by atoms with Crippen LogP contribution in [0.1, 0.15) is 93.8 Å². The Labute approximate surface area is 441 Å². The third-order valence-corrected chi connectivity index (χ3v) is 14.9. The number of unbranched alkanes of at least 4 members (excludes halogenated alkanes) is 2. The molecule has 0 radical (unpaired) electrons. The maximum Gasteiger partial charge on any atom is 0.269 e. The van der Waals surface area contributed by atoms with Crippen LogP contribution in [0.25, 0.3) is 10.8 Å². The molecule has 2 aliphatic carbocycles. The number of carbonyl (C=O) groups excluding carboxylic acids is 2. The Morgan fingerprint density at radius 3 is 2.39 bits per heavy atom. The molecule has 2 N–H and O–H groups in total. The molecule has 390 valence electrons. The number of aliphatic hydroxyl groups is 2. The molecular formula is C61H60N4O11. The highest BCUT2D eigenvalue weighted by atomic mass is 16.7. The number of nitro groups is 1. The number of nitrogens with zero attached hydrogens (tertiary/aromatic N) is 4. The van der Waals surface area contributed by atoms with Gasteiger partial charge in [0.2, 0.25) is 5.79 Å². The fraction of sp³-hybridized carbons (Fsp3) is 0.311. The number of nitriles is 1. The molecule has 1 saturated carbocycles. The number of aliphatic hydroxyl groups excluding tert-OH is 2. The predicted octanol–water partition coefficient (Wildman–Crippen LogP) is 11.4. The molecule has 1 aliphatic heterocycles. The van der Waals surface area contributed by atoms with Gasteiger partial charge in [0.25, 0.3) is 11.6 Å². The number of ether oxygens (including phenoxy) is 4. The summed E-state index contributed by atoms with van der Waals surface area (Å²) < 4.78 is 26.8. The molecule has 0 saturated heterocycles. The molecule has 1 heterocycles. The first kappa shape index (κ1) is 52.7. The van der Waals surface area contributed by atoms with Crippen molar-refractivity contribution in [2.24, 2.45) is 22.9 Å². The smallest absolute Gasteiger partial charge is 0.269 e. The molecule has 3 aliphatic rings. The van der Waals surface area contributed by atoms with Crippen LogP contribution in [0.4, 0.5) is 5.69 Å². The lowest BCUT2D eigenvalue weighted by Gasteiger charge is -2.60. The van der Waals surface area contributed by atoms with Crippen LogP contribution in [-0.4, -0.2) is 76.7 Å². The molecule has 6 aromatic rings. The van der Waals surface area contributed by atoms with Crippen LogP contribution in [0.3, 0.4) is 0 Å². The summed E-state index contributed by atoms with van der Waals surface area (Å²) in [6, 6.07) is 38.5. The van der Waals surface area contributed by atoms with Crippen molar-refractivity contribution in [2.75, 3.05) is 26.9 Å². The highest BCUT2D eigenvalue weighted by molar-refractivity contribution is 6.03. The number of fused-ring (bicyclic) bond motifs is 3. The molecule has 6 atom stereocenters. The maximum atomic E-state index is 15.8. The van der Waals surface area contributed by atoms with E-state index >= 15 is 4.79 Å². The van der Waals surface area contributed by atoms with Crippen molar-refractivity contribution in [3.05, 3.63) is 195 Å². The summed E-state index contributed by atoms with van der Waals surface area (Å²) in [6.07, 6.45) is 8.71. The van der Waals surface area contributed by atoms with Crippen molar-refractivity contribution in [3.63, 3.8) is 0 Å². The van der Waals surface area contributed by atoms with Crippen LogP contribution in [0.15, 0.2) is 157 Å². The number of hydrogen-bond donors (Lipinski definition) is 2. The first-order valence-electron chi connectivity index (χ1n) is 25.7. The highest BCUT2D eigenvalue weighted by Crippen LogP contribution is 2.62. The van der Waals surface area contributed by atoms with Crippen LogP contribution in [0.2, 0.25) is 0 Å². The standard InChI is InChI=1S/C61H60N4O11/c1-3-31-73-61-57(64(60(69)43-21-17-40(36-62)18-22-43)37-45-14-10-13-42-11-4-5-15-50(42)45)35-54(63-74-39-41-19-23-47(24-20-41)65(70)71)52-33-44(12-6-8-29-66)51(16-7-9-30-67)58(59(52)61)53-34-49(26-28-56(53)76-61)75-48-25-27-55(72-2)46(32-48)38-68/h3-5,10-11,13-15,17-28,32-34,38,44,51,57-59,66-67H,1,6-9,12,16,29-31,35,37,39H2,2H3. The van der Waals surface area contributed by atoms with E-state index in [9.17, 15) is 30.4 Å². The van der Waals surface area contributed by atoms with Crippen LogP contribution >= 0.6 is 0 Å². The van der Waals surface area contributed by atoms with Gasteiger partial charge in [-0.3, -0.25) is 19.7 Å². The minimum Gasteiger partial charge on any atom is -0.496 e. The average Bonchev–Trinajstić information content (AvgIpc) is 3.54. The van der Waals surface area contributed by atoms with Gasteiger partial charge in [0.15, 0.2) is 6.29 Å². The molecule has 6 unspecified atom stereocenters. The van der Waals surface area contributed by atoms with Crippen molar-refractivity contribution in [2.45, 2.75) is 75.8 Å². The van der Waals surface area contributed by atoms with E-state index in [0.717, 1.165) is 40.3 Å². The second-order valence-corrected chi connectivity index (χ2v) is 19.4. The molecule has 6 aromatic carbocycles. The molecule has 1 amide bonds. The van der Waals surface area contributed by atoms with Crippen LogP contribution in [-0.2, 0) is 22.7 Å². The molecule has 76 heavy (non-hydrogen) atoms. The minimum absolute atomic E-state index is 0.0113. The number of rotatable bonds is 23. The maximum absolute atomic E-state index is 15.8. The van der Waals surface area contributed by atoms with E-state index in [1.807, 2.05) is 54.6 Å². The summed E-state index contributed by atoms with van der Waals surface area (Å²) in [5.41, 5.74) is 4.70. The van der Waals surface area contributed by atoms with Gasteiger partial charge >= 0.3 is 0 Å². The van der Waals surface area contributed by atoms with Gasteiger partial charge in [-0.15, -0.1) is 6.58 Å². The van der Waals surface area contributed by atoms with E-state index in [-0.39, 0.29) is 62.8 Å². The van der Waals surface area contributed by atoms with Gasteiger partial charge in [0.1, 0.15) is 35.6 Å². The Balaban J connectivity index is 1.28. The van der Waals surface area contributed by atoms with E-state index in [1.54, 1.807) is 71.6 Å². The Morgan fingerprint density at radius 1 is 0.934 bits per heavy atom. The van der Waals surface area contributed by atoms with Crippen molar-refractivity contribution < 1.29 is 48.5 Å². The summed E-state index contributed by atoms with van der Waals surface area (Å²) in [7, 11) is 1.49. The highest BCUT2D eigenvalue weighted by Gasteiger charge is 2.65. The molecule has 9 rings (SSSR count). The zero-order valence-corrected chi connectivity index (χ0v) is 42.3. The number of hydrogen-bond acceptors (Lipinski definition) is 13. The summed E-state index contributed by atoms with van der Waals surface area (Å²) in [4.78, 5) is 47.0. The van der Waals surface area contributed by atoms with E-state index < -0.39 is 28.6 Å². The zero-order chi connectivity index (χ0) is 53.2. The molecule has 1 fully saturated rings. The van der Waals surface area contributed by atoms with Gasteiger partial charge < -0.3 is 38.9 Å². The van der Waals surface area contributed by atoms with Gasteiger partial charge in [-0.25, -0.2) is 0 Å². The Hall–Kier alpha value is -8.16. The largest absolute Gasteiger partial charge is 0.496 e. The van der Waals surface area contributed by atoms with E-state index in [4.69, 9.17) is 28.9 Å². The van der Waals surface area contributed by atoms with Crippen molar-refractivity contribution >= 4 is 34.4 Å². The van der Waals surface area contributed by atoms with E-state index in [2.05, 4.69) is 18.7 Å². The number of non-ortho nitro benzene ring substituents is 1. The number of methoxy groups -OCH3 is 1. The lowest BCUT2D eigenvalue weighted by Crippen LogP contribution is -2.70. The van der Waals surface area contributed by atoms with Crippen LogP contribution < -0.4 is 14.2 Å². The summed E-state index contributed by atoms with van der Waals surface area (Å²) in [6.45, 7) is 4.25. The number of aldehydes is 1. The first-order chi connectivity index (χ1) is 37.1. The summed E-state index contributed by atoms with van der Waals surface area (Å²) in [5, 5.41) is 48.5. The quantitative estimate of drug-likeness (QED) is 0.0202. The molecule has 0 aromatic heterocycles. The van der Waals surface area contributed by atoms with Crippen molar-refractivity contribution in [3.8, 4) is 29.1 Å². The number of oxime groups is 1. The second-order valence-electron chi connectivity index (χ2n) is 19.4. The van der Waals surface area contributed by atoms with Crippen LogP contribution in [0.5, 0.6) is 23.0 Å². The Kier molecular flexibility index (Phi) is 16.7. The van der Waals surface area contributed by atoms with Crippen LogP contribution in [0, 0.1) is 39.2 Å². The zero-order valence-electron chi connectivity index (χ0n) is 42.3. The molecule has 0 spiro atoms. The number of carbonyl (C=O) groups is 2. The lowest BCUT2D eigenvalue weighted by molar-refractivity contribution is -0.384. The van der Waals surface area contributed by atoms with Gasteiger partial charge in [0, 0.05) is 55.4 Å². The average molecular weight is 1030 g/mol. The number of benzene rings is 6. The summed E-state index contributed by atoms with van der Waals surface area (Å²) >= 11 is 0. The SMILES string of the molecule is C=CCOC12Oc3ccc(Oc4ccc(OC)c(C=O)c4)cc3C3C(CCCCO)C(CCCCO)C=C(C(=NOCc4ccc([N+](=O)[O-])cc4)CC1N(Cc1cccc4ccccc14)C(=O)c1ccc(C#N)cc1)C32. The first-order valence-corrected chi connectivity index (χ1v) is 25.7. The second kappa shape index (κ2) is 24.0. The number of amides is 1. The minimum atomic E-state index is -1.62. The lowest BCUT2D eigenvalue weighted by atomic mass is 9.55. The van der Waals surface area contributed by atoms with Crippen molar-refractivity contribution in [1.29, 1.82) is 5.26 Å². The predicted molar refractivity (Wildman–Crippen MR) is 286 cm³/mol. The van der Waals surface area contributed by atoms with Gasteiger partial charge in [0.05, 0.1) is 47.5 Å². The topological polar surface area (TPSA) is 203 Å². The molecule has 15 heteroatoms. The fourth-order valence-electron chi connectivity index (χ4n) is 11.4. The third-order valence-electron chi connectivity index (χ3n) is 14.9. The van der Waals surface area contributed by atoms with Crippen molar-refractivity contribution in [1.82, 2.24) is 4.90 Å². The fourth-order valence-corrected chi connectivity index (χ4v) is 11.4. The molecular weight excluding hydrogens is 965 g/mol. The third kappa shape index (κ3) is 11.0. The van der Waals surface area contributed by atoms with Gasteiger partial charge in [-0.05, 0) is 138 Å². The van der Waals surface area contributed by atoms with E-state index in [1.165, 1.54) is 19.2 Å². The van der Waals surface area contributed by atoms with Gasteiger partial charge in [-0.2, -0.15) is 5.26 Å². The molecule has 15 nitrogen and oxygen atoms in total. The number of allylic oxidation sites excluding steroid dienone is 1. The van der Waals surface area contributed by atoms with Gasteiger partial charge in [-0.1, -0.05) is 72.6 Å². The summed E-state index contributed by atoms with van der Waals surface area (Å²) in [5.74, 6) is -1.40.